The number of anilines is 1. The zero-order chi connectivity index (χ0) is 16.2. The second kappa shape index (κ2) is 4.40. The van der Waals surface area contributed by atoms with Crippen LogP contribution < -0.4 is 16.6 Å². The van der Waals surface area contributed by atoms with Crippen LogP contribution in [0.5, 0.6) is 0 Å². The number of imidazole rings is 1. The van der Waals surface area contributed by atoms with Gasteiger partial charge >= 0.3 is 0 Å². The molecule has 0 spiro atoms. The maximum Gasteiger partial charge on any atom is 0.253 e. The minimum atomic E-state index is -1.38. The number of fused-ring (bicyclic) bond motifs is 2. The van der Waals surface area contributed by atoms with E-state index >= 15 is 0 Å². The molecule has 0 bridgehead atoms. The molecule has 3 heterocycles. The van der Waals surface area contributed by atoms with Crippen molar-refractivity contribution in [1.29, 1.82) is 0 Å². The van der Waals surface area contributed by atoms with E-state index in [9.17, 15) is 9.59 Å². The third-order valence-corrected chi connectivity index (χ3v) is 4.22. The van der Waals surface area contributed by atoms with Crippen LogP contribution in [0.15, 0.2) is 24.5 Å². The van der Waals surface area contributed by atoms with Gasteiger partial charge in [0.2, 0.25) is 5.91 Å². The fourth-order valence-electron chi connectivity index (χ4n) is 2.83. The third-order valence-electron chi connectivity index (χ3n) is 4.22. The van der Waals surface area contributed by atoms with Crippen LogP contribution in [0.4, 0.5) is 5.69 Å². The van der Waals surface area contributed by atoms with E-state index in [4.69, 9.17) is 5.84 Å². The Morgan fingerprint density at radius 2 is 2.22 bits per heavy atom. The molecular formula is C14H13N7O2. The maximum absolute atomic E-state index is 12.2. The number of rotatable bonds is 2. The molecule has 1 aliphatic rings. The molecule has 0 fully saturated rings. The van der Waals surface area contributed by atoms with Gasteiger partial charge in [0.25, 0.3) is 5.91 Å². The van der Waals surface area contributed by atoms with Crippen LogP contribution in [0.25, 0.3) is 22.4 Å². The first kappa shape index (κ1) is 13.5. The summed E-state index contributed by atoms with van der Waals surface area (Å²) in [5, 5.41) is 9.33. The predicted molar refractivity (Wildman–Crippen MR) is 82.0 cm³/mol. The first-order chi connectivity index (χ1) is 11.0. The minimum Gasteiger partial charge on any atom is -0.338 e. The average Bonchev–Trinajstić information content (AvgIpc) is 3.24. The third kappa shape index (κ3) is 1.70. The number of hydrogen-bond acceptors (Lipinski definition) is 5. The van der Waals surface area contributed by atoms with Crippen molar-refractivity contribution in [3.63, 3.8) is 0 Å². The molecule has 1 unspecified atom stereocenters. The molecule has 9 nitrogen and oxygen atoms in total. The summed E-state index contributed by atoms with van der Waals surface area (Å²) in [5.74, 6) is 4.89. The van der Waals surface area contributed by atoms with Crippen molar-refractivity contribution in [2.75, 3.05) is 5.32 Å². The van der Waals surface area contributed by atoms with Gasteiger partial charge in [0, 0.05) is 17.4 Å². The van der Waals surface area contributed by atoms with Crippen molar-refractivity contribution < 1.29 is 9.59 Å². The number of aromatic amines is 2. The highest BCUT2D eigenvalue weighted by molar-refractivity contribution is 6.21. The SMILES string of the molecule is CC1(C(=O)NN)C(=O)Nc2cc3nc(-c4cn[nH]c4)[nH]c3cc21. The molecule has 2 aromatic heterocycles. The van der Waals surface area contributed by atoms with Crippen LogP contribution in [0.2, 0.25) is 0 Å². The summed E-state index contributed by atoms with van der Waals surface area (Å²) >= 11 is 0. The highest BCUT2D eigenvalue weighted by atomic mass is 16.2. The first-order valence-corrected chi connectivity index (χ1v) is 6.90. The van der Waals surface area contributed by atoms with Gasteiger partial charge in [-0.25, -0.2) is 10.8 Å². The molecule has 1 aliphatic heterocycles. The number of nitrogens with zero attached hydrogens (tertiary/aromatic N) is 2. The number of benzene rings is 1. The number of hydrogen-bond donors (Lipinski definition) is 5. The lowest BCUT2D eigenvalue weighted by atomic mass is 9.83. The minimum absolute atomic E-state index is 0.418. The largest absolute Gasteiger partial charge is 0.338 e. The highest BCUT2D eigenvalue weighted by Crippen LogP contribution is 2.40. The van der Waals surface area contributed by atoms with Crippen molar-refractivity contribution in [3.05, 3.63) is 30.1 Å². The molecule has 9 heteroatoms. The Balaban J connectivity index is 1.90. The molecule has 116 valence electrons. The second-order valence-electron chi connectivity index (χ2n) is 5.54. The number of aromatic nitrogens is 4. The molecule has 2 amide bonds. The molecule has 1 atom stereocenters. The van der Waals surface area contributed by atoms with E-state index in [-0.39, 0.29) is 0 Å². The van der Waals surface area contributed by atoms with Gasteiger partial charge in [-0.2, -0.15) is 5.10 Å². The molecular weight excluding hydrogens is 298 g/mol. The molecule has 1 aromatic carbocycles. The Labute approximate surface area is 129 Å². The summed E-state index contributed by atoms with van der Waals surface area (Å²) < 4.78 is 0. The Kier molecular flexibility index (Phi) is 2.57. The molecule has 3 aromatic rings. The van der Waals surface area contributed by atoms with E-state index in [1.54, 1.807) is 24.5 Å². The van der Waals surface area contributed by atoms with E-state index in [0.717, 1.165) is 5.56 Å². The fourth-order valence-corrected chi connectivity index (χ4v) is 2.83. The predicted octanol–water partition coefficient (Wildman–Crippen LogP) is 0.153. The lowest BCUT2D eigenvalue weighted by Gasteiger charge is -2.19. The maximum atomic E-state index is 12.2. The number of nitrogens with two attached hydrogens (primary N) is 1. The van der Waals surface area contributed by atoms with Gasteiger partial charge in [-0.1, -0.05) is 0 Å². The zero-order valence-corrected chi connectivity index (χ0v) is 12.1. The smallest absolute Gasteiger partial charge is 0.253 e. The van der Waals surface area contributed by atoms with Crippen molar-refractivity contribution in [1.82, 2.24) is 25.6 Å². The first-order valence-electron chi connectivity index (χ1n) is 6.90. The molecule has 0 saturated carbocycles. The van der Waals surface area contributed by atoms with Gasteiger partial charge in [0.15, 0.2) is 5.41 Å². The molecule has 6 N–H and O–H groups in total. The van der Waals surface area contributed by atoms with Crippen LogP contribution >= 0.6 is 0 Å². The quantitative estimate of drug-likeness (QED) is 0.198. The number of carbonyl (C=O) groups is 2. The van der Waals surface area contributed by atoms with Gasteiger partial charge < -0.3 is 10.3 Å². The van der Waals surface area contributed by atoms with Gasteiger partial charge in [-0.05, 0) is 19.1 Å². The molecule has 23 heavy (non-hydrogen) atoms. The Bertz CT molecular complexity index is 944. The van der Waals surface area contributed by atoms with Crippen molar-refractivity contribution in [3.8, 4) is 11.4 Å². The normalized spacial score (nSPS) is 19.7. The summed E-state index contributed by atoms with van der Waals surface area (Å²) in [5.41, 5.74) is 4.00. The standard InChI is InChI=1S/C14H13N7O2/c1-14(13(23)21-15)7-2-9-10(3-8(7)20-12(14)22)19-11(18-9)6-4-16-17-5-6/h2-5H,15H2,1H3,(H,16,17)(H,18,19)(H,20,22)(H,21,23). The highest BCUT2D eigenvalue weighted by Gasteiger charge is 2.49. The van der Waals surface area contributed by atoms with Gasteiger partial charge in [0.1, 0.15) is 5.82 Å². The molecule has 0 radical (unpaired) electrons. The lowest BCUT2D eigenvalue weighted by Crippen LogP contribution is -2.49. The monoisotopic (exact) mass is 311 g/mol. The number of amides is 2. The van der Waals surface area contributed by atoms with Crippen LogP contribution in [0, 0.1) is 0 Å². The summed E-state index contributed by atoms with van der Waals surface area (Å²) in [7, 11) is 0. The molecule has 0 saturated heterocycles. The summed E-state index contributed by atoms with van der Waals surface area (Å²) in [6.45, 7) is 1.54. The van der Waals surface area contributed by atoms with Crippen molar-refractivity contribution >= 4 is 28.5 Å². The number of hydrazine groups is 1. The van der Waals surface area contributed by atoms with E-state index < -0.39 is 17.2 Å². The van der Waals surface area contributed by atoms with Crippen LogP contribution in [-0.2, 0) is 15.0 Å². The molecule has 0 aliphatic carbocycles. The average molecular weight is 311 g/mol. The number of H-pyrrole nitrogens is 2. The zero-order valence-electron chi connectivity index (χ0n) is 12.1. The lowest BCUT2D eigenvalue weighted by molar-refractivity contribution is -0.133. The van der Waals surface area contributed by atoms with Crippen LogP contribution in [0.3, 0.4) is 0 Å². The van der Waals surface area contributed by atoms with E-state index in [0.29, 0.717) is 28.1 Å². The Morgan fingerprint density at radius 1 is 1.39 bits per heavy atom. The summed E-state index contributed by atoms with van der Waals surface area (Å²) in [6.07, 6.45) is 3.37. The van der Waals surface area contributed by atoms with Crippen LogP contribution in [-0.4, -0.2) is 32.0 Å². The van der Waals surface area contributed by atoms with Crippen LogP contribution in [0.1, 0.15) is 12.5 Å². The Morgan fingerprint density at radius 3 is 2.91 bits per heavy atom. The topological polar surface area (TPSA) is 142 Å². The van der Waals surface area contributed by atoms with E-state index in [1.807, 2.05) is 0 Å². The fraction of sp³-hybridized carbons (Fsp3) is 0.143. The summed E-state index contributed by atoms with van der Waals surface area (Å²) in [4.78, 5) is 32.0. The summed E-state index contributed by atoms with van der Waals surface area (Å²) in [6, 6.07) is 3.48. The van der Waals surface area contributed by atoms with Gasteiger partial charge in [0.05, 0.1) is 22.8 Å². The number of carbonyl (C=O) groups excluding carboxylic acids is 2. The van der Waals surface area contributed by atoms with Crippen molar-refractivity contribution in [2.24, 2.45) is 5.84 Å². The van der Waals surface area contributed by atoms with Gasteiger partial charge in [-0.15, -0.1) is 0 Å². The van der Waals surface area contributed by atoms with E-state index in [1.165, 1.54) is 6.92 Å². The van der Waals surface area contributed by atoms with Crippen molar-refractivity contribution in [2.45, 2.75) is 12.3 Å². The van der Waals surface area contributed by atoms with Gasteiger partial charge in [-0.3, -0.25) is 20.1 Å². The number of nitrogens with one attached hydrogen (secondary N) is 4. The second-order valence-corrected chi connectivity index (χ2v) is 5.54. The van der Waals surface area contributed by atoms with E-state index in [2.05, 4.69) is 30.9 Å². The Hall–Kier alpha value is -3.20. The molecule has 4 rings (SSSR count).